The smallest absolute Gasteiger partial charge is 0.324 e. The van der Waals surface area contributed by atoms with Crippen LogP contribution < -0.4 is 10.6 Å². The zero-order chi connectivity index (χ0) is 22.5. The lowest BCUT2D eigenvalue weighted by atomic mass is 10.1. The Morgan fingerprint density at radius 2 is 1.60 bits per heavy atom. The maximum absolute atomic E-state index is 12.4. The number of nitrogens with one attached hydrogen (secondary N) is 2. The van der Waals surface area contributed by atoms with Crippen molar-refractivity contribution in [1.82, 2.24) is 9.97 Å². The summed E-state index contributed by atoms with van der Waals surface area (Å²) in [6.07, 6.45) is 1.70. The van der Waals surface area contributed by atoms with E-state index >= 15 is 0 Å². The van der Waals surface area contributed by atoms with E-state index in [4.69, 9.17) is 0 Å². The van der Waals surface area contributed by atoms with E-state index in [1.807, 2.05) is 70.2 Å². The number of rotatable bonds is 4. The quantitative estimate of drug-likeness (QED) is 0.487. The second-order valence-electron chi connectivity index (χ2n) is 6.31. The minimum atomic E-state index is -0.870. The molecule has 158 valence electrons. The monoisotopic (exact) mass is 425 g/mol. The van der Waals surface area contributed by atoms with Gasteiger partial charge in [0.15, 0.2) is 0 Å². The molecule has 0 fully saturated rings. The van der Waals surface area contributed by atoms with E-state index in [2.05, 4.69) is 20.6 Å². The number of carbonyl (C=O) groups is 1. The lowest BCUT2D eigenvalue weighted by Gasteiger charge is -2.11. The first-order valence-corrected chi connectivity index (χ1v) is 11.9. The number of carbonyl (C=O) groups excluding carboxylic acids is 1. The van der Waals surface area contributed by atoms with Gasteiger partial charge in [0.2, 0.25) is 5.95 Å². The molecule has 0 aliphatic carbocycles. The number of benzene rings is 2. The molecule has 0 atom stereocenters. The minimum absolute atomic E-state index is 0.158. The number of aryl methyl sites for hydroxylation is 2. The molecule has 0 bridgehead atoms. The zero-order valence-corrected chi connectivity index (χ0v) is 19.3. The van der Waals surface area contributed by atoms with E-state index < -0.39 is 7.80 Å². The van der Waals surface area contributed by atoms with Gasteiger partial charge in [0, 0.05) is 28.8 Å². The third-order valence-corrected chi connectivity index (χ3v) is 3.57. The molecule has 2 N–H and O–H groups in total. The SMILES string of the molecule is CC.C[P+](C)=O.Cc1ccnc(Nc2cc(C(=O)Nc3ccccc3)ccc2C)n1. The lowest BCUT2D eigenvalue weighted by Crippen LogP contribution is -2.12. The van der Waals surface area contributed by atoms with E-state index in [0.717, 1.165) is 22.6 Å². The van der Waals surface area contributed by atoms with E-state index in [0.29, 0.717) is 11.5 Å². The fraction of sp³-hybridized carbons (Fsp3) is 0.261. The summed E-state index contributed by atoms with van der Waals surface area (Å²) in [5.41, 5.74) is 4.03. The summed E-state index contributed by atoms with van der Waals surface area (Å²) in [6, 6.07) is 16.7. The molecule has 0 saturated heterocycles. The van der Waals surface area contributed by atoms with Gasteiger partial charge in [0.1, 0.15) is 13.3 Å². The molecule has 1 aromatic heterocycles. The minimum Gasteiger partial charge on any atom is -0.324 e. The average molecular weight is 425 g/mol. The van der Waals surface area contributed by atoms with Crippen molar-refractivity contribution in [3.05, 3.63) is 77.6 Å². The van der Waals surface area contributed by atoms with Gasteiger partial charge in [-0.1, -0.05) is 42.7 Å². The van der Waals surface area contributed by atoms with Crippen molar-refractivity contribution in [3.8, 4) is 0 Å². The fourth-order valence-corrected chi connectivity index (χ4v) is 2.25. The van der Waals surface area contributed by atoms with Gasteiger partial charge in [-0.3, -0.25) is 4.79 Å². The predicted octanol–water partition coefficient (Wildman–Crippen LogP) is 6.19. The summed E-state index contributed by atoms with van der Waals surface area (Å²) in [6.45, 7) is 11.2. The predicted molar refractivity (Wildman–Crippen MR) is 126 cm³/mol. The van der Waals surface area contributed by atoms with Crippen molar-refractivity contribution in [2.24, 2.45) is 0 Å². The van der Waals surface area contributed by atoms with Crippen LogP contribution >= 0.6 is 7.80 Å². The van der Waals surface area contributed by atoms with Crippen molar-refractivity contribution in [3.63, 3.8) is 0 Å². The van der Waals surface area contributed by atoms with Crippen LogP contribution in [0.2, 0.25) is 0 Å². The number of para-hydroxylation sites is 1. The molecule has 6 nitrogen and oxygen atoms in total. The molecule has 3 rings (SSSR count). The van der Waals surface area contributed by atoms with Crippen molar-refractivity contribution in [2.45, 2.75) is 27.7 Å². The first-order chi connectivity index (χ1) is 14.3. The fourth-order valence-electron chi connectivity index (χ4n) is 2.25. The Hall–Kier alpha value is -3.11. The van der Waals surface area contributed by atoms with Gasteiger partial charge in [-0.25, -0.2) is 9.97 Å². The topological polar surface area (TPSA) is 84.0 Å². The van der Waals surface area contributed by atoms with E-state index in [-0.39, 0.29) is 5.91 Å². The van der Waals surface area contributed by atoms with Gasteiger partial charge in [-0.2, -0.15) is 0 Å². The molecule has 1 heterocycles. The third-order valence-electron chi connectivity index (χ3n) is 3.57. The van der Waals surface area contributed by atoms with Crippen LogP contribution in [0.5, 0.6) is 0 Å². The third kappa shape index (κ3) is 8.93. The zero-order valence-electron chi connectivity index (χ0n) is 18.4. The Labute approximate surface area is 180 Å². The highest BCUT2D eigenvalue weighted by molar-refractivity contribution is 7.42. The molecule has 0 saturated carbocycles. The summed E-state index contributed by atoms with van der Waals surface area (Å²) in [5, 5.41) is 6.05. The summed E-state index contributed by atoms with van der Waals surface area (Å²) < 4.78 is 9.59. The molecule has 1 amide bonds. The average Bonchev–Trinajstić information content (AvgIpc) is 2.71. The maximum Gasteiger partial charge on any atom is 0.332 e. The van der Waals surface area contributed by atoms with Crippen LogP contribution in [0, 0.1) is 13.8 Å². The Kier molecular flexibility index (Phi) is 10.9. The molecule has 0 aliphatic rings. The van der Waals surface area contributed by atoms with E-state index in [1.165, 1.54) is 0 Å². The number of anilines is 3. The Balaban J connectivity index is 0.000000673. The van der Waals surface area contributed by atoms with Gasteiger partial charge in [0.25, 0.3) is 5.91 Å². The number of hydrogen-bond acceptors (Lipinski definition) is 5. The molecule has 2 aromatic carbocycles. The molecule has 0 aliphatic heterocycles. The lowest BCUT2D eigenvalue weighted by molar-refractivity contribution is 0.102. The second kappa shape index (κ2) is 13.2. The van der Waals surface area contributed by atoms with Crippen molar-refractivity contribution in [1.29, 1.82) is 0 Å². The van der Waals surface area contributed by atoms with Crippen LogP contribution in [0.25, 0.3) is 0 Å². The van der Waals surface area contributed by atoms with Crippen LogP contribution in [0.3, 0.4) is 0 Å². The normalized spacial score (nSPS) is 9.27. The molecular formula is C23H30N4O2P+. The van der Waals surface area contributed by atoms with Crippen LogP contribution in [0.4, 0.5) is 17.3 Å². The molecular weight excluding hydrogens is 395 g/mol. The first kappa shape index (κ1) is 24.9. The van der Waals surface area contributed by atoms with Gasteiger partial charge >= 0.3 is 7.80 Å². The highest BCUT2D eigenvalue weighted by Crippen LogP contribution is 2.21. The summed E-state index contributed by atoms with van der Waals surface area (Å²) >= 11 is 0. The van der Waals surface area contributed by atoms with Crippen molar-refractivity contribution >= 4 is 31.0 Å². The second-order valence-corrected chi connectivity index (χ2v) is 7.93. The summed E-state index contributed by atoms with van der Waals surface area (Å²) in [4.78, 5) is 20.9. The molecule has 30 heavy (non-hydrogen) atoms. The van der Waals surface area contributed by atoms with Gasteiger partial charge in [-0.15, -0.1) is 0 Å². The maximum atomic E-state index is 12.4. The van der Waals surface area contributed by atoms with E-state index in [9.17, 15) is 9.36 Å². The van der Waals surface area contributed by atoms with Gasteiger partial charge in [-0.05, 0) is 49.7 Å². The number of nitrogens with zero attached hydrogens (tertiary/aromatic N) is 2. The largest absolute Gasteiger partial charge is 0.332 e. The van der Waals surface area contributed by atoms with Crippen LogP contribution in [0.15, 0.2) is 60.8 Å². The van der Waals surface area contributed by atoms with Crippen LogP contribution in [-0.4, -0.2) is 29.2 Å². The Bertz CT molecular complexity index is 958. The Morgan fingerprint density at radius 3 is 2.20 bits per heavy atom. The molecule has 7 heteroatoms. The Morgan fingerprint density at radius 1 is 0.967 bits per heavy atom. The van der Waals surface area contributed by atoms with Gasteiger partial charge in [0.05, 0.1) is 0 Å². The summed E-state index contributed by atoms with van der Waals surface area (Å²) in [5.74, 6) is 0.355. The highest BCUT2D eigenvalue weighted by Gasteiger charge is 2.09. The van der Waals surface area contributed by atoms with Crippen molar-refractivity contribution < 1.29 is 9.36 Å². The van der Waals surface area contributed by atoms with Crippen LogP contribution in [0.1, 0.15) is 35.5 Å². The number of hydrogen-bond donors (Lipinski definition) is 2. The molecule has 3 aromatic rings. The van der Waals surface area contributed by atoms with Gasteiger partial charge < -0.3 is 10.6 Å². The van der Waals surface area contributed by atoms with E-state index in [1.54, 1.807) is 31.7 Å². The molecule has 0 radical (unpaired) electrons. The van der Waals surface area contributed by atoms with Crippen LogP contribution in [-0.2, 0) is 4.57 Å². The standard InChI is InChI=1S/C19H18N4O.C2H6OP.C2H6/c1-13-8-9-15(18(24)22-16-6-4-3-5-7-16)12-17(13)23-19-20-11-10-14(2)21-19;1-4(2)3;1-2/h3-12H,1-2H3,(H,22,24)(H,20,21,23);1-2H3;1-2H3/q;+1;. The highest BCUT2D eigenvalue weighted by atomic mass is 31.1. The molecule has 0 unspecified atom stereocenters. The first-order valence-electron chi connectivity index (χ1n) is 9.73. The number of amides is 1. The molecule has 0 spiro atoms. The number of aromatic nitrogens is 2. The van der Waals surface area contributed by atoms with Crippen molar-refractivity contribution in [2.75, 3.05) is 24.0 Å². The summed E-state index contributed by atoms with van der Waals surface area (Å²) in [7, 11) is -0.870.